The third kappa shape index (κ3) is 3.57. The van der Waals surface area contributed by atoms with E-state index < -0.39 is 17.8 Å². The van der Waals surface area contributed by atoms with E-state index in [2.05, 4.69) is 9.72 Å². The van der Waals surface area contributed by atoms with E-state index in [1.807, 2.05) is 19.1 Å². The standard InChI is InChI=1S/C16H21F2NO2/c1-3-21-15(20)16(17,18)13-7-5-12(6-8-13)14-9-4-11(2)10-19-14/h4,9-10,12-13H,3,5-8H2,1-2H3. The van der Waals surface area contributed by atoms with E-state index in [4.69, 9.17) is 0 Å². The summed E-state index contributed by atoms with van der Waals surface area (Å²) in [6.45, 7) is 3.48. The molecule has 1 saturated carbocycles. The van der Waals surface area contributed by atoms with E-state index in [1.165, 1.54) is 6.92 Å². The third-order valence-electron chi connectivity index (χ3n) is 4.14. The Morgan fingerprint density at radius 3 is 2.52 bits per heavy atom. The smallest absolute Gasteiger partial charge is 0.377 e. The van der Waals surface area contributed by atoms with E-state index in [1.54, 1.807) is 6.20 Å². The average Bonchev–Trinajstić information content (AvgIpc) is 2.48. The van der Waals surface area contributed by atoms with Gasteiger partial charge in [0.15, 0.2) is 0 Å². The number of halogens is 2. The molecule has 1 heterocycles. The summed E-state index contributed by atoms with van der Waals surface area (Å²) in [5.74, 6) is -5.47. The van der Waals surface area contributed by atoms with Crippen LogP contribution in [0.1, 0.15) is 49.8 Å². The van der Waals surface area contributed by atoms with Crippen LogP contribution in [0.2, 0.25) is 0 Å². The molecule has 0 bridgehead atoms. The molecule has 1 aliphatic rings. The lowest BCUT2D eigenvalue weighted by molar-refractivity contribution is -0.182. The minimum absolute atomic E-state index is 0.0168. The lowest BCUT2D eigenvalue weighted by atomic mass is 9.77. The Morgan fingerprint density at radius 2 is 2.00 bits per heavy atom. The molecule has 21 heavy (non-hydrogen) atoms. The zero-order valence-corrected chi connectivity index (χ0v) is 12.4. The van der Waals surface area contributed by atoms with Gasteiger partial charge in [-0.05, 0) is 51.2 Å². The quantitative estimate of drug-likeness (QED) is 0.792. The molecule has 0 atom stereocenters. The number of ether oxygens (including phenoxy) is 1. The van der Waals surface area contributed by atoms with Gasteiger partial charge in [-0.25, -0.2) is 4.79 Å². The monoisotopic (exact) mass is 297 g/mol. The zero-order valence-electron chi connectivity index (χ0n) is 12.4. The molecule has 0 N–H and O–H groups in total. The Bertz CT molecular complexity index is 480. The van der Waals surface area contributed by atoms with Crippen molar-refractivity contribution in [1.82, 2.24) is 4.98 Å². The Labute approximate surface area is 123 Å². The molecule has 0 amide bonds. The molecule has 3 nitrogen and oxygen atoms in total. The number of aromatic nitrogens is 1. The van der Waals surface area contributed by atoms with Gasteiger partial charge in [0.25, 0.3) is 0 Å². The number of hydrogen-bond donors (Lipinski definition) is 0. The summed E-state index contributed by atoms with van der Waals surface area (Å²) in [4.78, 5) is 15.7. The van der Waals surface area contributed by atoms with Crippen molar-refractivity contribution in [2.45, 2.75) is 51.4 Å². The molecule has 1 fully saturated rings. The molecule has 0 aliphatic heterocycles. The number of pyridine rings is 1. The van der Waals surface area contributed by atoms with Crippen LogP contribution in [0, 0.1) is 12.8 Å². The minimum atomic E-state index is -3.37. The van der Waals surface area contributed by atoms with Crippen LogP contribution in [0.4, 0.5) is 8.78 Å². The highest BCUT2D eigenvalue weighted by Gasteiger charge is 2.49. The van der Waals surface area contributed by atoms with Crippen LogP contribution in [0.15, 0.2) is 18.3 Å². The lowest BCUT2D eigenvalue weighted by Crippen LogP contribution is -2.40. The fourth-order valence-electron chi connectivity index (χ4n) is 2.87. The van der Waals surface area contributed by atoms with Gasteiger partial charge in [-0.1, -0.05) is 6.07 Å². The van der Waals surface area contributed by atoms with Gasteiger partial charge < -0.3 is 4.74 Å². The Kier molecular flexibility index (Phi) is 4.91. The van der Waals surface area contributed by atoms with Crippen molar-refractivity contribution in [3.8, 4) is 0 Å². The third-order valence-corrected chi connectivity index (χ3v) is 4.14. The largest absolute Gasteiger partial charge is 0.462 e. The lowest BCUT2D eigenvalue weighted by Gasteiger charge is -2.32. The summed E-state index contributed by atoms with van der Waals surface area (Å²) in [5, 5.41) is 0. The topological polar surface area (TPSA) is 39.2 Å². The highest BCUT2D eigenvalue weighted by atomic mass is 19.3. The van der Waals surface area contributed by atoms with Gasteiger partial charge in [-0.15, -0.1) is 0 Å². The van der Waals surface area contributed by atoms with Crippen molar-refractivity contribution in [2.24, 2.45) is 5.92 Å². The summed E-state index contributed by atoms with van der Waals surface area (Å²) in [7, 11) is 0. The maximum absolute atomic E-state index is 14.0. The van der Waals surface area contributed by atoms with Crippen molar-refractivity contribution in [3.05, 3.63) is 29.6 Å². The van der Waals surface area contributed by atoms with Crippen LogP contribution in [-0.2, 0) is 9.53 Å². The molecule has 0 aromatic carbocycles. The van der Waals surface area contributed by atoms with Crippen molar-refractivity contribution in [1.29, 1.82) is 0 Å². The number of carbonyl (C=O) groups is 1. The van der Waals surface area contributed by atoms with E-state index >= 15 is 0 Å². The van der Waals surface area contributed by atoms with Gasteiger partial charge in [0.1, 0.15) is 0 Å². The van der Waals surface area contributed by atoms with Crippen LogP contribution in [0.3, 0.4) is 0 Å². The first-order valence-electron chi connectivity index (χ1n) is 7.42. The highest BCUT2D eigenvalue weighted by Crippen LogP contribution is 2.42. The average molecular weight is 297 g/mol. The minimum Gasteiger partial charge on any atom is -0.462 e. The first kappa shape index (κ1) is 15.9. The predicted octanol–water partition coefficient (Wildman–Crippen LogP) is 3.86. The second-order valence-electron chi connectivity index (χ2n) is 5.65. The van der Waals surface area contributed by atoms with E-state index in [9.17, 15) is 13.6 Å². The van der Waals surface area contributed by atoms with Gasteiger partial charge in [0.2, 0.25) is 0 Å². The zero-order chi connectivity index (χ0) is 15.5. The Balaban J connectivity index is 1.96. The highest BCUT2D eigenvalue weighted by molar-refractivity contribution is 5.77. The molecular weight excluding hydrogens is 276 g/mol. The van der Waals surface area contributed by atoms with Crippen molar-refractivity contribution >= 4 is 5.97 Å². The fourth-order valence-corrected chi connectivity index (χ4v) is 2.87. The fraction of sp³-hybridized carbons (Fsp3) is 0.625. The van der Waals surface area contributed by atoms with Gasteiger partial charge >= 0.3 is 11.9 Å². The molecule has 1 aromatic rings. The maximum Gasteiger partial charge on any atom is 0.377 e. The summed E-state index contributed by atoms with van der Waals surface area (Å²) in [5.41, 5.74) is 2.04. The summed E-state index contributed by atoms with van der Waals surface area (Å²) in [6.07, 6.45) is 3.72. The molecule has 0 saturated heterocycles. The van der Waals surface area contributed by atoms with Crippen LogP contribution in [0.25, 0.3) is 0 Å². The van der Waals surface area contributed by atoms with Gasteiger partial charge in [-0.3, -0.25) is 4.98 Å². The van der Waals surface area contributed by atoms with Gasteiger partial charge in [0.05, 0.1) is 6.61 Å². The number of esters is 1. The molecule has 0 radical (unpaired) electrons. The molecule has 5 heteroatoms. The first-order valence-corrected chi connectivity index (χ1v) is 7.42. The van der Waals surface area contributed by atoms with Crippen molar-refractivity contribution in [3.63, 3.8) is 0 Å². The summed E-state index contributed by atoms with van der Waals surface area (Å²) in [6, 6.07) is 3.95. The molecule has 1 aliphatic carbocycles. The SMILES string of the molecule is CCOC(=O)C(F)(F)C1CCC(c2ccc(C)cn2)CC1. The predicted molar refractivity (Wildman–Crippen MR) is 75.3 cm³/mol. The Morgan fingerprint density at radius 1 is 1.33 bits per heavy atom. The van der Waals surface area contributed by atoms with Gasteiger partial charge in [0, 0.05) is 23.7 Å². The van der Waals surface area contributed by atoms with Crippen LogP contribution in [0.5, 0.6) is 0 Å². The number of rotatable bonds is 4. The van der Waals surface area contributed by atoms with Gasteiger partial charge in [-0.2, -0.15) is 8.78 Å². The molecular formula is C16H21F2NO2. The summed E-state index contributed by atoms with van der Waals surface area (Å²) >= 11 is 0. The van der Waals surface area contributed by atoms with Crippen molar-refractivity contribution < 1.29 is 18.3 Å². The molecule has 0 unspecified atom stereocenters. The normalized spacial score (nSPS) is 22.9. The molecule has 2 rings (SSSR count). The number of hydrogen-bond acceptors (Lipinski definition) is 3. The van der Waals surface area contributed by atoms with Crippen LogP contribution >= 0.6 is 0 Å². The van der Waals surface area contributed by atoms with Crippen LogP contribution in [-0.4, -0.2) is 23.5 Å². The summed E-state index contributed by atoms with van der Waals surface area (Å²) < 4.78 is 32.4. The molecule has 116 valence electrons. The maximum atomic E-state index is 14.0. The Hall–Kier alpha value is -1.52. The first-order chi connectivity index (χ1) is 9.95. The van der Waals surface area contributed by atoms with E-state index in [-0.39, 0.29) is 12.5 Å². The molecule has 1 aromatic heterocycles. The number of nitrogens with zero attached hydrogens (tertiary/aromatic N) is 1. The van der Waals surface area contributed by atoms with Crippen molar-refractivity contribution in [2.75, 3.05) is 6.61 Å². The van der Waals surface area contributed by atoms with E-state index in [0.717, 1.165) is 11.3 Å². The second-order valence-corrected chi connectivity index (χ2v) is 5.65. The number of alkyl halides is 2. The second kappa shape index (κ2) is 6.50. The van der Waals surface area contributed by atoms with E-state index in [0.29, 0.717) is 25.7 Å². The molecule has 0 spiro atoms. The number of aryl methyl sites for hydroxylation is 1. The van der Waals surface area contributed by atoms with Crippen LogP contribution < -0.4 is 0 Å². The number of carbonyl (C=O) groups excluding carboxylic acids is 1.